The Labute approximate surface area is 118 Å². The van der Waals surface area contributed by atoms with Gasteiger partial charge >= 0.3 is 0 Å². The minimum atomic E-state index is 0.603. The standard InChI is InChI=1S/C15H17ClN2O/c1-10-8-11(6-7-14(10)17)18-9-12-13(16)4-3-5-15(12)19-2/h3-8,18H,9,17H2,1-2H3. The van der Waals surface area contributed by atoms with Crippen molar-refractivity contribution in [2.75, 3.05) is 18.2 Å². The first-order valence-corrected chi connectivity index (χ1v) is 6.41. The van der Waals surface area contributed by atoms with Crippen LogP contribution in [0.5, 0.6) is 5.75 Å². The molecule has 0 unspecified atom stereocenters. The number of nitrogens with two attached hydrogens (primary N) is 1. The third-order valence-electron chi connectivity index (χ3n) is 3.03. The van der Waals surface area contributed by atoms with Gasteiger partial charge in [0.1, 0.15) is 5.75 Å². The highest BCUT2D eigenvalue weighted by Gasteiger charge is 2.07. The topological polar surface area (TPSA) is 47.3 Å². The van der Waals surface area contributed by atoms with Crippen LogP contribution in [0.4, 0.5) is 11.4 Å². The third-order valence-corrected chi connectivity index (χ3v) is 3.39. The fraction of sp³-hybridized carbons (Fsp3) is 0.200. The first-order valence-electron chi connectivity index (χ1n) is 6.03. The molecule has 0 heterocycles. The molecule has 2 aromatic carbocycles. The molecule has 2 aromatic rings. The second kappa shape index (κ2) is 5.85. The largest absolute Gasteiger partial charge is 0.496 e. The smallest absolute Gasteiger partial charge is 0.125 e. The van der Waals surface area contributed by atoms with Crippen molar-refractivity contribution >= 4 is 23.0 Å². The van der Waals surface area contributed by atoms with E-state index in [-0.39, 0.29) is 0 Å². The van der Waals surface area contributed by atoms with Gasteiger partial charge in [-0.3, -0.25) is 0 Å². The van der Waals surface area contributed by atoms with Gasteiger partial charge < -0.3 is 15.8 Å². The maximum absolute atomic E-state index is 6.19. The molecule has 100 valence electrons. The normalized spacial score (nSPS) is 10.3. The summed E-state index contributed by atoms with van der Waals surface area (Å²) in [6.45, 7) is 2.59. The van der Waals surface area contributed by atoms with E-state index in [4.69, 9.17) is 22.1 Å². The maximum atomic E-state index is 6.19. The lowest BCUT2D eigenvalue weighted by Gasteiger charge is -2.13. The van der Waals surface area contributed by atoms with E-state index in [9.17, 15) is 0 Å². The lowest BCUT2D eigenvalue weighted by atomic mass is 10.1. The van der Waals surface area contributed by atoms with Crippen molar-refractivity contribution in [3.8, 4) is 5.75 Å². The molecule has 0 amide bonds. The SMILES string of the molecule is COc1cccc(Cl)c1CNc1ccc(N)c(C)c1. The van der Waals surface area contributed by atoms with E-state index in [1.165, 1.54) is 0 Å². The molecule has 19 heavy (non-hydrogen) atoms. The number of rotatable bonds is 4. The second-order valence-electron chi connectivity index (χ2n) is 4.35. The number of benzene rings is 2. The molecule has 0 aromatic heterocycles. The van der Waals surface area contributed by atoms with Crippen molar-refractivity contribution in [3.63, 3.8) is 0 Å². The highest BCUT2D eigenvalue weighted by molar-refractivity contribution is 6.31. The van der Waals surface area contributed by atoms with Crippen LogP contribution in [-0.2, 0) is 6.54 Å². The van der Waals surface area contributed by atoms with Gasteiger partial charge in [0.05, 0.1) is 7.11 Å². The number of hydrogen-bond acceptors (Lipinski definition) is 3. The quantitative estimate of drug-likeness (QED) is 0.834. The molecule has 2 rings (SSSR count). The summed E-state index contributed by atoms with van der Waals surface area (Å²) in [7, 11) is 1.64. The average Bonchev–Trinajstić information content (AvgIpc) is 2.41. The first kappa shape index (κ1) is 13.6. The van der Waals surface area contributed by atoms with Gasteiger partial charge in [0.15, 0.2) is 0 Å². The zero-order valence-corrected chi connectivity index (χ0v) is 11.8. The summed E-state index contributed by atoms with van der Waals surface area (Å²) in [4.78, 5) is 0. The number of hydrogen-bond donors (Lipinski definition) is 2. The van der Waals surface area contributed by atoms with Crippen LogP contribution in [0.1, 0.15) is 11.1 Å². The monoisotopic (exact) mass is 276 g/mol. The maximum Gasteiger partial charge on any atom is 0.125 e. The van der Waals surface area contributed by atoms with Gasteiger partial charge in [-0.2, -0.15) is 0 Å². The van der Waals surface area contributed by atoms with Crippen molar-refractivity contribution in [1.29, 1.82) is 0 Å². The Hall–Kier alpha value is -1.87. The summed E-state index contributed by atoms with van der Waals surface area (Å²) in [5.74, 6) is 0.784. The molecule has 0 bridgehead atoms. The van der Waals surface area contributed by atoms with Crippen LogP contribution in [-0.4, -0.2) is 7.11 Å². The van der Waals surface area contributed by atoms with Crippen LogP contribution in [0.3, 0.4) is 0 Å². The predicted octanol–water partition coefficient (Wildman–Crippen LogP) is 3.85. The van der Waals surface area contributed by atoms with E-state index in [1.54, 1.807) is 7.11 Å². The highest BCUT2D eigenvalue weighted by atomic mass is 35.5. The molecule has 3 nitrogen and oxygen atoms in total. The van der Waals surface area contributed by atoms with E-state index in [0.29, 0.717) is 11.6 Å². The van der Waals surface area contributed by atoms with Crippen LogP contribution in [0.25, 0.3) is 0 Å². The van der Waals surface area contributed by atoms with Crippen LogP contribution in [0.2, 0.25) is 5.02 Å². The third kappa shape index (κ3) is 3.12. The number of nitrogen functional groups attached to an aromatic ring is 1. The summed E-state index contributed by atoms with van der Waals surface area (Å²) in [5.41, 5.74) is 9.59. The Morgan fingerprint density at radius 2 is 2.05 bits per heavy atom. The van der Waals surface area contributed by atoms with Gasteiger partial charge in [0.2, 0.25) is 0 Å². The molecule has 0 saturated carbocycles. The summed E-state index contributed by atoms with van der Waals surface area (Å²) in [6, 6.07) is 11.5. The lowest BCUT2D eigenvalue weighted by molar-refractivity contribution is 0.410. The Kier molecular flexibility index (Phi) is 4.17. The molecule has 4 heteroatoms. The van der Waals surface area contributed by atoms with Gasteiger partial charge in [-0.15, -0.1) is 0 Å². The minimum absolute atomic E-state index is 0.603. The lowest BCUT2D eigenvalue weighted by Crippen LogP contribution is -2.03. The Morgan fingerprint density at radius 3 is 2.74 bits per heavy atom. The number of methoxy groups -OCH3 is 1. The second-order valence-corrected chi connectivity index (χ2v) is 4.75. The van der Waals surface area contributed by atoms with Crippen molar-refractivity contribution in [2.24, 2.45) is 0 Å². The van der Waals surface area contributed by atoms with Crippen LogP contribution < -0.4 is 15.8 Å². The molecular weight excluding hydrogens is 260 g/mol. The van der Waals surface area contributed by atoms with Gasteiger partial charge in [-0.1, -0.05) is 17.7 Å². The molecule has 0 aliphatic carbocycles. The van der Waals surface area contributed by atoms with Crippen molar-refractivity contribution in [3.05, 3.63) is 52.5 Å². The molecule has 0 spiro atoms. The molecule has 0 atom stereocenters. The van der Waals surface area contributed by atoms with Gasteiger partial charge in [-0.05, 0) is 42.8 Å². The zero-order chi connectivity index (χ0) is 13.8. The highest BCUT2D eigenvalue weighted by Crippen LogP contribution is 2.27. The van der Waals surface area contributed by atoms with Crippen LogP contribution in [0, 0.1) is 6.92 Å². The fourth-order valence-electron chi connectivity index (χ4n) is 1.88. The Balaban J connectivity index is 2.16. The van der Waals surface area contributed by atoms with Gasteiger partial charge in [-0.25, -0.2) is 0 Å². The minimum Gasteiger partial charge on any atom is -0.496 e. The van der Waals surface area contributed by atoms with Gasteiger partial charge in [0, 0.05) is 28.5 Å². The van der Waals surface area contributed by atoms with E-state index in [0.717, 1.165) is 28.3 Å². The summed E-state index contributed by atoms with van der Waals surface area (Å²) < 4.78 is 5.31. The number of aryl methyl sites for hydroxylation is 1. The summed E-state index contributed by atoms with van der Waals surface area (Å²) in [6.07, 6.45) is 0. The number of ether oxygens (including phenoxy) is 1. The molecular formula is C15H17ClN2O. The van der Waals surface area contributed by atoms with E-state index < -0.39 is 0 Å². The van der Waals surface area contributed by atoms with Gasteiger partial charge in [0.25, 0.3) is 0 Å². The summed E-state index contributed by atoms with van der Waals surface area (Å²) >= 11 is 6.19. The molecule has 0 aliphatic heterocycles. The molecule has 0 aliphatic rings. The van der Waals surface area contributed by atoms with E-state index in [1.807, 2.05) is 43.3 Å². The summed E-state index contributed by atoms with van der Waals surface area (Å²) in [5, 5.41) is 4.02. The van der Waals surface area contributed by atoms with Crippen LogP contribution >= 0.6 is 11.6 Å². The Morgan fingerprint density at radius 1 is 1.26 bits per heavy atom. The fourth-order valence-corrected chi connectivity index (χ4v) is 2.11. The van der Waals surface area contributed by atoms with Crippen molar-refractivity contribution in [2.45, 2.75) is 13.5 Å². The average molecular weight is 277 g/mol. The van der Waals surface area contributed by atoms with Crippen molar-refractivity contribution in [1.82, 2.24) is 0 Å². The molecule has 0 saturated heterocycles. The van der Waals surface area contributed by atoms with E-state index >= 15 is 0 Å². The Bertz CT molecular complexity index is 584. The van der Waals surface area contributed by atoms with Crippen LogP contribution in [0.15, 0.2) is 36.4 Å². The predicted molar refractivity (Wildman–Crippen MR) is 80.9 cm³/mol. The molecule has 3 N–H and O–H groups in total. The zero-order valence-electron chi connectivity index (χ0n) is 11.0. The number of anilines is 2. The van der Waals surface area contributed by atoms with Crippen molar-refractivity contribution < 1.29 is 4.74 Å². The number of nitrogens with one attached hydrogen (secondary N) is 1. The number of halogens is 1. The molecule has 0 radical (unpaired) electrons. The molecule has 0 fully saturated rings. The first-order chi connectivity index (χ1) is 9.11. The van der Waals surface area contributed by atoms with E-state index in [2.05, 4.69) is 5.32 Å².